The van der Waals surface area contributed by atoms with E-state index in [0.29, 0.717) is 0 Å². The van der Waals surface area contributed by atoms with Crippen LogP contribution in [0.3, 0.4) is 0 Å². The van der Waals surface area contributed by atoms with Crippen LogP contribution >= 0.6 is 0 Å². The Labute approximate surface area is 324 Å². The van der Waals surface area contributed by atoms with E-state index in [1.54, 1.807) is 0 Å². The van der Waals surface area contributed by atoms with Crippen LogP contribution in [0.25, 0.3) is 67.8 Å². The summed E-state index contributed by atoms with van der Waals surface area (Å²) < 4.78 is 2.45. The number of benzene rings is 7. The summed E-state index contributed by atoms with van der Waals surface area (Å²) in [5.74, 6) is 0. The van der Waals surface area contributed by atoms with Gasteiger partial charge in [-0.3, -0.25) is 0 Å². The van der Waals surface area contributed by atoms with E-state index in [1.807, 2.05) is 0 Å². The van der Waals surface area contributed by atoms with Gasteiger partial charge < -0.3 is 9.47 Å². The van der Waals surface area contributed by atoms with Crippen LogP contribution in [0.5, 0.6) is 0 Å². The van der Waals surface area contributed by atoms with Crippen molar-refractivity contribution in [3.8, 4) is 27.9 Å². The van der Waals surface area contributed by atoms with Crippen molar-refractivity contribution in [2.75, 3.05) is 4.90 Å². The summed E-state index contributed by atoms with van der Waals surface area (Å²) in [5.41, 5.74) is 15.6. The second-order valence-electron chi connectivity index (χ2n) is 14.3. The van der Waals surface area contributed by atoms with Gasteiger partial charge in [-0.2, -0.15) is 0 Å². The predicted molar refractivity (Wildman–Crippen MR) is 238 cm³/mol. The van der Waals surface area contributed by atoms with Gasteiger partial charge in [0.2, 0.25) is 0 Å². The van der Waals surface area contributed by atoms with Crippen molar-refractivity contribution in [2.45, 2.75) is 33.1 Å². The lowest BCUT2D eigenvalue weighted by atomic mass is 9.89. The van der Waals surface area contributed by atoms with Gasteiger partial charge in [0.1, 0.15) is 0 Å². The van der Waals surface area contributed by atoms with Crippen molar-refractivity contribution < 1.29 is 0 Å². The summed E-state index contributed by atoms with van der Waals surface area (Å²) in [6.07, 6.45) is 17.0. The zero-order valence-electron chi connectivity index (χ0n) is 31.5. The molecule has 1 aliphatic carbocycles. The minimum atomic E-state index is 0.907. The van der Waals surface area contributed by atoms with E-state index in [9.17, 15) is 0 Å². The highest BCUT2D eigenvalue weighted by Crippen LogP contribution is 2.47. The maximum atomic E-state index is 2.46. The molecule has 9 rings (SSSR count). The molecule has 0 aliphatic heterocycles. The van der Waals surface area contributed by atoms with Crippen LogP contribution in [-0.4, -0.2) is 4.57 Å². The number of aromatic nitrogens is 1. The predicted octanol–water partition coefficient (Wildman–Crippen LogP) is 15.1. The molecule has 0 saturated heterocycles. The van der Waals surface area contributed by atoms with Gasteiger partial charge in [0.15, 0.2) is 0 Å². The number of allylic oxidation sites excluding steroid dienone is 3. The molecular formula is C53H44N2. The van der Waals surface area contributed by atoms with Gasteiger partial charge in [-0.25, -0.2) is 0 Å². The summed E-state index contributed by atoms with van der Waals surface area (Å²) in [6.45, 7) is 4.52. The molecule has 0 amide bonds. The quantitative estimate of drug-likeness (QED) is 0.145. The Kier molecular flexibility index (Phi) is 9.32. The van der Waals surface area contributed by atoms with Crippen molar-refractivity contribution in [1.82, 2.24) is 4.57 Å². The minimum Gasteiger partial charge on any atom is -0.313 e. The number of rotatable bonds is 9. The first-order valence-electron chi connectivity index (χ1n) is 19.5. The summed E-state index contributed by atoms with van der Waals surface area (Å²) in [4.78, 5) is 2.46. The van der Waals surface area contributed by atoms with Gasteiger partial charge in [-0.05, 0) is 95.4 Å². The van der Waals surface area contributed by atoms with Crippen LogP contribution < -0.4 is 4.90 Å². The van der Waals surface area contributed by atoms with Crippen LogP contribution in [0, 0.1) is 6.92 Å². The third-order valence-corrected chi connectivity index (χ3v) is 10.9. The lowest BCUT2D eigenvalue weighted by Gasteiger charge is -2.29. The molecule has 1 heterocycles. The van der Waals surface area contributed by atoms with Crippen molar-refractivity contribution in [1.29, 1.82) is 0 Å². The molecule has 0 N–H and O–H groups in total. The second kappa shape index (κ2) is 15.0. The Morgan fingerprint density at radius 3 is 2.20 bits per heavy atom. The molecular weight excluding hydrogens is 665 g/mol. The summed E-state index contributed by atoms with van der Waals surface area (Å²) in [7, 11) is 0. The van der Waals surface area contributed by atoms with Crippen LogP contribution in [-0.2, 0) is 0 Å². The standard InChI is InChI=1S/C53H44N2/c1-3-4-8-30-45-38(2)54(43-27-12-7-13-28-43)51-37-41-24-11-6-14-33-48(41)52(53(45)51)42-26-19-29-44(36-42)55(50-35-20-25-40-23-15-16-31-47(40)50)49-34-18-17-32-46(49)39-21-9-5-10-22-39/h5,7-37H,3-4,6H2,1-2H3/b30-8-. The zero-order chi connectivity index (χ0) is 37.1. The van der Waals surface area contributed by atoms with Crippen molar-refractivity contribution >= 4 is 57.0 Å². The Morgan fingerprint density at radius 1 is 0.655 bits per heavy atom. The van der Waals surface area contributed by atoms with Crippen molar-refractivity contribution in [3.63, 3.8) is 0 Å². The average molecular weight is 709 g/mol. The molecule has 2 nitrogen and oxygen atoms in total. The molecule has 2 heteroatoms. The lowest BCUT2D eigenvalue weighted by Crippen LogP contribution is -2.12. The SMILES string of the molecule is CCC/C=C\c1c(C)n(-c2ccccc2)c2cc3c(c(-c4cccc(N(c5ccccc5-c5ccccc5)c5cccc6ccccc56)c4)c12)C=CCC=C3. The Hall–Kier alpha value is -6.64. The molecule has 0 unspecified atom stereocenters. The molecule has 266 valence electrons. The van der Waals surface area contributed by atoms with E-state index < -0.39 is 0 Å². The smallest absolute Gasteiger partial charge is 0.0550 e. The van der Waals surface area contributed by atoms with E-state index in [1.165, 1.54) is 72.0 Å². The van der Waals surface area contributed by atoms with Crippen molar-refractivity contribution in [2.24, 2.45) is 0 Å². The number of nitrogens with zero attached hydrogens (tertiary/aromatic N) is 2. The third kappa shape index (κ3) is 6.30. The fraction of sp³-hybridized carbons (Fsp3) is 0.0943. The highest BCUT2D eigenvalue weighted by atomic mass is 15.1. The number of para-hydroxylation sites is 2. The summed E-state index contributed by atoms with van der Waals surface area (Å²) >= 11 is 0. The Morgan fingerprint density at radius 2 is 1.35 bits per heavy atom. The fourth-order valence-electron chi connectivity index (χ4n) is 8.34. The number of hydrogen-bond donors (Lipinski definition) is 0. The van der Waals surface area contributed by atoms with E-state index in [-0.39, 0.29) is 0 Å². The first kappa shape index (κ1) is 34.1. The summed E-state index contributed by atoms with van der Waals surface area (Å²) in [6, 6.07) is 57.4. The van der Waals surface area contributed by atoms with Crippen LogP contribution in [0.4, 0.5) is 17.1 Å². The maximum Gasteiger partial charge on any atom is 0.0550 e. The van der Waals surface area contributed by atoms with Gasteiger partial charge in [0.25, 0.3) is 0 Å². The van der Waals surface area contributed by atoms with Crippen molar-refractivity contribution in [3.05, 3.63) is 198 Å². The molecule has 8 aromatic rings. The van der Waals surface area contributed by atoms with Gasteiger partial charge in [0, 0.05) is 39.0 Å². The largest absolute Gasteiger partial charge is 0.313 e. The summed E-state index contributed by atoms with van der Waals surface area (Å²) in [5, 5.41) is 3.71. The third-order valence-electron chi connectivity index (χ3n) is 10.9. The van der Waals surface area contributed by atoms with Gasteiger partial charge in [-0.1, -0.05) is 165 Å². The molecule has 0 radical (unpaired) electrons. The highest BCUT2D eigenvalue weighted by molar-refractivity contribution is 6.09. The molecule has 0 bridgehead atoms. The number of hydrogen-bond acceptors (Lipinski definition) is 1. The lowest BCUT2D eigenvalue weighted by molar-refractivity contribution is 0.962. The van der Waals surface area contributed by atoms with Crippen LogP contribution in [0.15, 0.2) is 176 Å². The van der Waals surface area contributed by atoms with Gasteiger partial charge >= 0.3 is 0 Å². The Balaban J connectivity index is 1.35. The van der Waals surface area contributed by atoms with Crippen LogP contribution in [0.1, 0.15) is 48.6 Å². The normalized spacial score (nSPS) is 12.4. The van der Waals surface area contributed by atoms with E-state index >= 15 is 0 Å². The minimum absolute atomic E-state index is 0.907. The molecule has 55 heavy (non-hydrogen) atoms. The topological polar surface area (TPSA) is 8.17 Å². The number of anilines is 3. The Bertz CT molecular complexity index is 2740. The number of unbranched alkanes of at least 4 members (excludes halogenated alkanes) is 1. The van der Waals surface area contributed by atoms with Gasteiger partial charge in [0.05, 0.1) is 16.9 Å². The van der Waals surface area contributed by atoms with Gasteiger partial charge in [-0.15, -0.1) is 0 Å². The molecule has 1 aliphatic rings. The monoisotopic (exact) mass is 708 g/mol. The molecule has 0 fully saturated rings. The van der Waals surface area contributed by atoms with E-state index in [4.69, 9.17) is 0 Å². The second-order valence-corrected chi connectivity index (χ2v) is 14.3. The first-order chi connectivity index (χ1) is 27.2. The molecule has 7 aromatic carbocycles. The van der Waals surface area contributed by atoms with Crippen LogP contribution in [0.2, 0.25) is 0 Å². The zero-order valence-corrected chi connectivity index (χ0v) is 31.5. The fourth-order valence-corrected chi connectivity index (χ4v) is 8.34. The maximum absolute atomic E-state index is 2.46. The first-order valence-corrected chi connectivity index (χ1v) is 19.5. The average Bonchev–Trinajstić information content (AvgIpc) is 3.34. The van der Waals surface area contributed by atoms with E-state index in [2.05, 4.69) is 217 Å². The molecule has 0 saturated carbocycles. The molecule has 0 atom stereocenters. The highest BCUT2D eigenvalue weighted by Gasteiger charge is 2.24. The van der Waals surface area contributed by atoms with E-state index in [0.717, 1.165) is 36.3 Å². The molecule has 1 aromatic heterocycles. The molecule has 0 spiro atoms. The number of fused-ring (bicyclic) bond motifs is 3.